The van der Waals surface area contributed by atoms with Crippen LogP contribution in [0.4, 0.5) is 0 Å². The van der Waals surface area contributed by atoms with Crippen molar-refractivity contribution < 1.29 is 15.3 Å². The minimum Gasteiger partial charge on any atom is -0.504 e. The molecule has 2 unspecified atom stereocenters. The fourth-order valence-electron chi connectivity index (χ4n) is 3.48. The third-order valence-electron chi connectivity index (χ3n) is 5.04. The summed E-state index contributed by atoms with van der Waals surface area (Å²) < 4.78 is 0. The van der Waals surface area contributed by atoms with Gasteiger partial charge in [0.15, 0.2) is 5.75 Å². The van der Waals surface area contributed by atoms with Crippen LogP contribution < -0.4 is 5.43 Å². The summed E-state index contributed by atoms with van der Waals surface area (Å²) in [6, 6.07) is 1.37. The summed E-state index contributed by atoms with van der Waals surface area (Å²) in [6.07, 6.45) is 4.71. The van der Waals surface area contributed by atoms with Crippen molar-refractivity contribution in [3.05, 3.63) is 33.0 Å². The van der Waals surface area contributed by atoms with Gasteiger partial charge < -0.3 is 15.3 Å². The highest BCUT2D eigenvalue weighted by molar-refractivity contribution is 5.51. The molecule has 3 N–H and O–H groups in total. The van der Waals surface area contributed by atoms with E-state index in [4.69, 9.17) is 0 Å². The summed E-state index contributed by atoms with van der Waals surface area (Å²) in [5, 5.41) is 30.7. The van der Waals surface area contributed by atoms with Gasteiger partial charge in [-0.15, -0.1) is 0 Å². The molecule has 1 aliphatic rings. The Morgan fingerprint density at radius 3 is 2.59 bits per heavy atom. The van der Waals surface area contributed by atoms with E-state index < -0.39 is 16.8 Å². The standard InChI is InChI=1S/C18H26O4/c1-4-5-8-18(3,22)12-6-7-13-14(10-12)11(2)9-15(19)17(21)16(13)20/h9,12,22H,4-8,10H2,1-3H3,(H2,19,20,21). The minimum absolute atomic E-state index is 0.101. The predicted molar refractivity (Wildman–Crippen MR) is 86.4 cm³/mol. The zero-order chi connectivity index (χ0) is 16.5. The Balaban J connectivity index is 2.41. The van der Waals surface area contributed by atoms with Crippen LogP contribution in [0, 0.1) is 12.8 Å². The van der Waals surface area contributed by atoms with Crippen LogP contribution in [-0.2, 0) is 12.8 Å². The van der Waals surface area contributed by atoms with Crippen molar-refractivity contribution in [3.63, 3.8) is 0 Å². The second-order valence-corrected chi connectivity index (χ2v) is 6.75. The van der Waals surface area contributed by atoms with Crippen LogP contribution >= 0.6 is 0 Å². The maximum Gasteiger partial charge on any atom is 0.224 e. The SMILES string of the molecule is CCCCC(C)(O)C1CCc2c(O)c(O)c(=O)cc(C)c2C1. The Morgan fingerprint density at radius 1 is 1.27 bits per heavy atom. The Labute approximate surface area is 131 Å². The lowest BCUT2D eigenvalue weighted by Crippen LogP contribution is -2.38. The molecule has 0 bridgehead atoms. The molecule has 2 rings (SSSR count). The van der Waals surface area contributed by atoms with Gasteiger partial charge in [-0.2, -0.15) is 0 Å². The Bertz CT molecular complexity index is 619. The van der Waals surface area contributed by atoms with E-state index in [9.17, 15) is 20.1 Å². The zero-order valence-corrected chi connectivity index (χ0v) is 13.6. The molecule has 22 heavy (non-hydrogen) atoms. The van der Waals surface area contributed by atoms with Crippen LogP contribution in [-0.4, -0.2) is 20.9 Å². The zero-order valence-electron chi connectivity index (χ0n) is 13.6. The van der Waals surface area contributed by atoms with Gasteiger partial charge in [0.25, 0.3) is 0 Å². The summed E-state index contributed by atoms with van der Waals surface area (Å²) in [5.74, 6) is -0.760. The van der Waals surface area contributed by atoms with Gasteiger partial charge in [-0.3, -0.25) is 4.79 Å². The first-order valence-corrected chi connectivity index (χ1v) is 8.08. The Hall–Kier alpha value is -1.55. The first-order valence-electron chi connectivity index (χ1n) is 8.08. The van der Waals surface area contributed by atoms with E-state index in [1.165, 1.54) is 6.07 Å². The molecule has 1 aromatic carbocycles. The Morgan fingerprint density at radius 2 is 1.95 bits per heavy atom. The number of fused-ring (bicyclic) bond motifs is 1. The van der Waals surface area contributed by atoms with Gasteiger partial charge in [-0.1, -0.05) is 19.8 Å². The van der Waals surface area contributed by atoms with E-state index in [1.807, 2.05) is 13.8 Å². The lowest BCUT2D eigenvalue weighted by atomic mass is 9.73. The predicted octanol–water partition coefficient (Wildman–Crippen LogP) is 2.81. The quantitative estimate of drug-likeness (QED) is 0.799. The average Bonchev–Trinajstić information content (AvgIpc) is 2.57. The monoisotopic (exact) mass is 306 g/mol. The van der Waals surface area contributed by atoms with Gasteiger partial charge >= 0.3 is 0 Å². The molecule has 0 aromatic heterocycles. The fraction of sp³-hybridized carbons (Fsp3) is 0.611. The van der Waals surface area contributed by atoms with Crippen LogP contribution in [0.1, 0.15) is 56.2 Å². The summed E-state index contributed by atoms with van der Waals surface area (Å²) >= 11 is 0. The van der Waals surface area contributed by atoms with Gasteiger partial charge in [0.2, 0.25) is 11.2 Å². The highest BCUT2D eigenvalue weighted by atomic mass is 16.3. The number of aryl methyl sites for hydroxylation is 1. The van der Waals surface area contributed by atoms with Crippen molar-refractivity contribution in [1.29, 1.82) is 0 Å². The molecule has 0 heterocycles. The van der Waals surface area contributed by atoms with E-state index >= 15 is 0 Å². The molecular weight excluding hydrogens is 280 g/mol. The summed E-state index contributed by atoms with van der Waals surface area (Å²) in [7, 11) is 0. The second-order valence-electron chi connectivity index (χ2n) is 6.75. The largest absolute Gasteiger partial charge is 0.504 e. The average molecular weight is 306 g/mol. The number of unbranched alkanes of at least 4 members (excludes halogenated alkanes) is 1. The third kappa shape index (κ3) is 3.12. The molecule has 0 radical (unpaired) electrons. The Kier molecular flexibility index (Phi) is 4.81. The summed E-state index contributed by atoms with van der Waals surface area (Å²) in [5.41, 5.74) is 1.01. The molecule has 1 aromatic rings. The van der Waals surface area contributed by atoms with E-state index in [0.29, 0.717) is 18.4 Å². The molecule has 0 spiro atoms. The number of hydrogen-bond donors (Lipinski definition) is 3. The van der Waals surface area contributed by atoms with E-state index in [2.05, 4.69) is 6.92 Å². The van der Waals surface area contributed by atoms with Gasteiger partial charge in [-0.25, -0.2) is 0 Å². The maximum absolute atomic E-state index is 11.8. The van der Waals surface area contributed by atoms with Gasteiger partial charge in [-0.05, 0) is 62.6 Å². The molecule has 0 saturated heterocycles. The normalized spacial score (nSPS) is 20.3. The third-order valence-corrected chi connectivity index (χ3v) is 5.04. The lowest BCUT2D eigenvalue weighted by molar-refractivity contribution is -0.0163. The van der Waals surface area contributed by atoms with Gasteiger partial charge in [0.05, 0.1) is 5.60 Å². The highest BCUT2D eigenvalue weighted by Crippen LogP contribution is 2.40. The lowest BCUT2D eigenvalue weighted by Gasteiger charge is -2.36. The summed E-state index contributed by atoms with van der Waals surface area (Å²) in [6.45, 7) is 5.81. The first-order chi connectivity index (χ1) is 10.3. The number of rotatable bonds is 4. The second kappa shape index (κ2) is 6.29. The van der Waals surface area contributed by atoms with E-state index in [-0.39, 0.29) is 11.7 Å². The van der Waals surface area contributed by atoms with E-state index in [1.54, 1.807) is 0 Å². The molecule has 4 nitrogen and oxygen atoms in total. The molecule has 4 heteroatoms. The van der Waals surface area contributed by atoms with Crippen molar-refractivity contribution >= 4 is 0 Å². The highest BCUT2D eigenvalue weighted by Gasteiger charge is 2.35. The van der Waals surface area contributed by atoms with Crippen LogP contribution in [0.2, 0.25) is 0 Å². The van der Waals surface area contributed by atoms with Gasteiger partial charge in [0.1, 0.15) is 0 Å². The van der Waals surface area contributed by atoms with Crippen LogP contribution in [0.3, 0.4) is 0 Å². The molecule has 0 fully saturated rings. The molecular formula is C18H26O4. The molecule has 122 valence electrons. The van der Waals surface area contributed by atoms with Crippen molar-refractivity contribution in [2.24, 2.45) is 5.92 Å². The molecule has 2 atom stereocenters. The van der Waals surface area contributed by atoms with Crippen molar-refractivity contribution in [1.82, 2.24) is 0 Å². The van der Waals surface area contributed by atoms with Crippen molar-refractivity contribution in [2.45, 2.75) is 64.9 Å². The molecule has 0 aliphatic heterocycles. The summed E-state index contributed by atoms with van der Waals surface area (Å²) in [4.78, 5) is 11.8. The number of aliphatic hydroxyl groups is 1. The minimum atomic E-state index is -0.744. The van der Waals surface area contributed by atoms with Crippen LogP contribution in [0.25, 0.3) is 0 Å². The van der Waals surface area contributed by atoms with Crippen molar-refractivity contribution in [2.75, 3.05) is 0 Å². The molecule has 1 aliphatic carbocycles. The molecule has 0 amide bonds. The first kappa shape index (κ1) is 16.8. The van der Waals surface area contributed by atoms with Crippen LogP contribution in [0.5, 0.6) is 11.5 Å². The smallest absolute Gasteiger partial charge is 0.224 e. The van der Waals surface area contributed by atoms with Gasteiger partial charge in [0, 0.05) is 5.56 Å². The molecule has 0 saturated carbocycles. The fourth-order valence-corrected chi connectivity index (χ4v) is 3.48. The number of aromatic hydroxyl groups is 2. The van der Waals surface area contributed by atoms with Crippen LogP contribution in [0.15, 0.2) is 10.9 Å². The maximum atomic E-state index is 11.8. The number of hydrogen-bond acceptors (Lipinski definition) is 4. The van der Waals surface area contributed by atoms with E-state index in [0.717, 1.165) is 36.8 Å². The van der Waals surface area contributed by atoms with Crippen molar-refractivity contribution in [3.8, 4) is 11.5 Å². The topological polar surface area (TPSA) is 77.8 Å².